The van der Waals surface area contributed by atoms with Crippen molar-refractivity contribution in [1.29, 1.82) is 0 Å². The lowest BCUT2D eigenvalue weighted by Crippen LogP contribution is -2.28. The molecule has 1 heterocycles. The molecule has 3 aromatic rings. The van der Waals surface area contributed by atoms with Crippen molar-refractivity contribution in [2.75, 3.05) is 6.54 Å². The van der Waals surface area contributed by atoms with E-state index in [1.807, 2.05) is 12.3 Å². The number of nitrogens with zero attached hydrogens (tertiary/aromatic N) is 2. The van der Waals surface area contributed by atoms with Crippen LogP contribution in [-0.4, -0.2) is 27.3 Å². The highest BCUT2D eigenvalue weighted by Gasteiger charge is 2.11. The van der Waals surface area contributed by atoms with Crippen molar-refractivity contribution in [2.24, 2.45) is 0 Å². The predicted molar refractivity (Wildman–Crippen MR) is 87.3 cm³/mol. The van der Waals surface area contributed by atoms with Crippen LogP contribution in [0.1, 0.15) is 22.0 Å². The SMILES string of the molecule is O=C(NCC(O)c1ccc(F)cc1)c1ccc(-n2cccn2)cc1. The van der Waals surface area contributed by atoms with E-state index in [0.29, 0.717) is 11.1 Å². The van der Waals surface area contributed by atoms with Gasteiger partial charge in [0.1, 0.15) is 5.82 Å². The minimum Gasteiger partial charge on any atom is -0.387 e. The Morgan fingerprint density at radius 3 is 2.50 bits per heavy atom. The monoisotopic (exact) mass is 325 g/mol. The summed E-state index contributed by atoms with van der Waals surface area (Å²) in [7, 11) is 0. The van der Waals surface area contributed by atoms with Crippen molar-refractivity contribution in [3.63, 3.8) is 0 Å². The van der Waals surface area contributed by atoms with E-state index in [1.165, 1.54) is 24.3 Å². The molecule has 0 fully saturated rings. The van der Waals surface area contributed by atoms with Gasteiger partial charge in [-0.25, -0.2) is 9.07 Å². The van der Waals surface area contributed by atoms with Crippen LogP contribution in [0.2, 0.25) is 0 Å². The van der Waals surface area contributed by atoms with Crippen molar-refractivity contribution < 1.29 is 14.3 Å². The van der Waals surface area contributed by atoms with E-state index in [4.69, 9.17) is 0 Å². The molecule has 0 aliphatic rings. The Bertz CT molecular complexity index is 799. The molecule has 0 saturated carbocycles. The van der Waals surface area contributed by atoms with Gasteiger partial charge in [-0.15, -0.1) is 0 Å². The van der Waals surface area contributed by atoms with E-state index in [2.05, 4.69) is 10.4 Å². The number of halogens is 1. The molecule has 1 amide bonds. The zero-order valence-electron chi connectivity index (χ0n) is 12.8. The Morgan fingerprint density at radius 1 is 1.17 bits per heavy atom. The van der Waals surface area contributed by atoms with Crippen LogP contribution < -0.4 is 5.32 Å². The molecule has 3 rings (SSSR count). The van der Waals surface area contributed by atoms with Gasteiger partial charge in [0.05, 0.1) is 11.8 Å². The third kappa shape index (κ3) is 3.67. The average molecular weight is 325 g/mol. The Labute approximate surface area is 138 Å². The second kappa shape index (κ2) is 7.06. The van der Waals surface area contributed by atoms with Crippen molar-refractivity contribution in [3.8, 4) is 5.69 Å². The molecule has 0 aliphatic heterocycles. The first-order valence-electron chi connectivity index (χ1n) is 7.45. The number of benzene rings is 2. The van der Waals surface area contributed by atoms with Crippen LogP contribution in [0, 0.1) is 5.82 Å². The first-order chi connectivity index (χ1) is 11.6. The summed E-state index contributed by atoms with van der Waals surface area (Å²) in [6.07, 6.45) is 2.60. The molecule has 122 valence electrons. The lowest BCUT2D eigenvalue weighted by molar-refractivity contribution is 0.0916. The lowest BCUT2D eigenvalue weighted by atomic mass is 10.1. The molecular weight excluding hydrogens is 309 g/mol. The fraction of sp³-hybridized carbons (Fsp3) is 0.111. The fourth-order valence-electron chi connectivity index (χ4n) is 2.28. The molecule has 1 atom stereocenters. The van der Waals surface area contributed by atoms with E-state index in [-0.39, 0.29) is 18.3 Å². The molecule has 2 aromatic carbocycles. The van der Waals surface area contributed by atoms with Gasteiger partial charge in [-0.2, -0.15) is 5.10 Å². The zero-order chi connectivity index (χ0) is 16.9. The van der Waals surface area contributed by atoms with Gasteiger partial charge in [0.2, 0.25) is 0 Å². The molecule has 2 N–H and O–H groups in total. The summed E-state index contributed by atoms with van der Waals surface area (Å²) in [5.41, 5.74) is 1.88. The topological polar surface area (TPSA) is 67.2 Å². The van der Waals surface area contributed by atoms with Crippen LogP contribution >= 0.6 is 0 Å². The van der Waals surface area contributed by atoms with Crippen molar-refractivity contribution in [2.45, 2.75) is 6.10 Å². The van der Waals surface area contributed by atoms with Crippen molar-refractivity contribution >= 4 is 5.91 Å². The zero-order valence-corrected chi connectivity index (χ0v) is 12.8. The number of aliphatic hydroxyl groups excluding tert-OH is 1. The summed E-state index contributed by atoms with van der Waals surface area (Å²) in [5.74, 6) is -0.657. The number of carbonyl (C=O) groups excluding carboxylic acids is 1. The highest BCUT2D eigenvalue weighted by atomic mass is 19.1. The highest BCUT2D eigenvalue weighted by molar-refractivity contribution is 5.94. The maximum atomic E-state index is 12.9. The Kier molecular flexibility index (Phi) is 4.67. The minimum atomic E-state index is -0.891. The normalized spacial score (nSPS) is 11.9. The van der Waals surface area contributed by atoms with Crippen molar-refractivity contribution in [1.82, 2.24) is 15.1 Å². The van der Waals surface area contributed by atoms with Gasteiger partial charge in [0.25, 0.3) is 5.91 Å². The molecular formula is C18H16FN3O2. The fourth-order valence-corrected chi connectivity index (χ4v) is 2.28. The number of amides is 1. The van der Waals surface area contributed by atoms with E-state index < -0.39 is 6.10 Å². The summed E-state index contributed by atoms with van der Waals surface area (Å²) in [6, 6.07) is 14.3. The number of nitrogens with one attached hydrogen (secondary N) is 1. The summed E-state index contributed by atoms with van der Waals surface area (Å²) >= 11 is 0. The number of aromatic nitrogens is 2. The first kappa shape index (κ1) is 15.9. The first-order valence-corrected chi connectivity index (χ1v) is 7.45. The van der Waals surface area contributed by atoms with Crippen LogP contribution in [0.5, 0.6) is 0 Å². The number of carbonyl (C=O) groups is 1. The number of hydrogen-bond acceptors (Lipinski definition) is 3. The highest BCUT2D eigenvalue weighted by Crippen LogP contribution is 2.13. The molecule has 0 saturated heterocycles. The van der Waals surface area contributed by atoms with E-state index in [9.17, 15) is 14.3 Å². The summed E-state index contributed by atoms with van der Waals surface area (Å²) < 4.78 is 14.6. The second-order valence-electron chi connectivity index (χ2n) is 5.27. The van der Waals surface area contributed by atoms with Gasteiger partial charge in [-0.05, 0) is 48.0 Å². The lowest BCUT2D eigenvalue weighted by Gasteiger charge is -2.12. The van der Waals surface area contributed by atoms with E-state index in [1.54, 1.807) is 35.1 Å². The molecule has 6 heteroatoms. The van der Waals surface area contributed by atoms with Gasteiger partial charge in [-0.3, -0.25) is 4.79 Å². The number of aliphatic hydroxyl groups is 1. The molecule has 5 nitrogen and oxygen atoms in total. The number of rotatable bonds is 5. The average Bonchev–Trinajstić information content (AvgIpc) is 3.15. The van der Waals surface area contributed by atoms with Gasteiger partial charge in [-0.1, -0.05) is 12.1 Å². The standard InChI is InChI=1S/C18H16FN3O2/c19-15-6-2-13(3-7-15)17(23)12-20-18(24)14-4-8-16(9-5-14)22-11-1-10-21-22/h1-11,17,23H,12H2,(H,20,24). The van der Waals surface area contributed by atoms with Gasteiger partial charge in [0, 0.05) is 24.5 Å². The van der Waals surface area contributed by atoms with Crippen LogP contribution in [0.3, 0.4) is 0 Å². The van der Waals surface area contributed by atoms with Crippen LogP contribution in [0.25, 0.3) is 5.69 Å². The Morgan fingerprint density at radius 2 is 1.88 bits per heavy atom. The molecule has 0 radical (unpaired) electrons. The van der Waals surface area contributed by atoms with E-state index >= 15 is 0 Å². The molecule has 1 unspecified atom stereocenters. The maximum absolute atomic E-state index is 12.9. The Hall–Kier alpha value is -2.99. The number of hydrogen-bond donors (Lipinski definition) is 2. The predicted octanol–water partition coefficient (Wildman–Crippen LogP) is 2.47. The van der Waals surface area contributed by atoms with Crippen LogP contribution in [-0.2, 0) is 0 Å². The second-order valence-corrected chi connectivity index (χ2v) is 5.27. The summed E-state index contributed by atoms with van der Waals surface area (Å²) in [6.45, 7) is 0.0470. The molecule has 0 spiro atoms. The smallest absolute Gasteiger partial charge is 0.251 e. The largest absolute Gasteiger partial charge is 0.387 e. The third-order valence-corrected chi connectivity index (χ3v) is 3.61. The van der Waals surface area contributed by atoms with Crippen LogP contribution in [0.15, 0.2) is 67.0 Å². The summed E-state index contributed by atoms with van der Waals surface area (Å²) in [5, 5.41) is 16.8. The quantitative estimate of drug-likeness (QED) is 0.757. The van der Waals surface area contributed by atoms with E-state index in [0.717, 1.165) is 5.69 Å². The van der Waals surface area contributed by atoms with Gasteiger partial charge >= 0.3 is 0 Å². The molecule has 0 bridgehead atoms. The third-order valence-electron chi connectivity index (χ3n) is 3.61. The van der Waals surface area contributed by atoms with Gasteiger partial charge in [0.15, 0.2) is 0 Å². The maximum Gasteiger partial charge on any atom is 0.251 e. The molecule has 0 aliphatic carbocycles. The molecule has 1 aromatic heterocycles. The molecule has 24 heavy (non-hydrogen) atoms. The van der Waals surface area contributed by atoms with Crippen molar-refractivity contribution in [3.05, 3.63) is 83.9 Å². The van der Waals surface area contributed by atoms with Gasteiger partial charge < -0.3 is 10.4 Å². The van der Waals surface area contributed by atoms with Crippen LogP contribution in [0.4, 0.5) is 4.39 Å². The minimum absolute atomic E-state index is 0.0470. The Balaban J connectivity index is 1.59. The summed E-state index contributed by atoms with van der Waals surface area (Å²) in [4.78, 5) is 12.1.